The molecule has 59 valence electrons. The van der Waals surface area contributed by atoms with Crippen molar-refractivity contribution >= 4 is 17.5 Å². The van der Waals surface area contributed by atoms with Crippen molar-refractivity contribution in [3.63, 3.8) is 0 Å². The van der Waals surface area contributed by atoms with Crippen LogP contribution >= 0.6 is 0 Å². The van der Waals surface area contributed by atoms with Crippen LogP contribution in [-0.2, 0) is 16.0 Å². The lowest BCUT2D eigenvalue weighted by Crippen LogP contribution is -2.33. The maximum absolute atomic E-state index is 10.8. The van der Waals surface area contributed by atoms with E-state index >= 15 is 0 Å². The fourth-order valence-electron chi connectivity index (χ4n) is 0.449. The van der Waals surface area contributed by atoms with Gasteiger partial charge in [0.2, 0.25) is 6.29 Å². The Balaban J connectivity index is 3.36. The maximum atomic E-state index is 10.8. The van der Waals surface area contributed by atoms with Gasteiger partial charge in [0.15, 0.2) is 0 Å². The zero-order valence-electron chi connectivity index (χ0n) is 5.58. The highest BCUT2D eigenvalue weighted by molar-refractivity contribution is 7.91. The quantitative estimate of drug-likeness (QED) is 0.464. The van der Waals surface area contributed by atoms with Gasteiger partial charge in [0.25, 0.3) is 0 Å². The van der Waals surface area contributed by atoms with Crippen molar-refractivity contribution in [2.24, 2.45) is 11.5 Å². The first kappa shape index (κ1) is 9.90. The van der Waals surface area contributed by atoms with Crippen LogP contribution in [0.5, 0.6) is 0 Å². The minimum atomic E-state index is -1.06. The summed E-state index contributed by atoms with van der Waals surface area (Å²) in [6.07, 6.45) is 1.55. The van der Waals surface area contributed by atoms with Crippen molar-refractivity contribution in [2.75, 3.05) is 18.1 Å². The van der Waals surface area contributed by atoms with Crippen molar-refractivity contribution in [1.29, 1.82) is 0 Å². The van der Waals surface area contributed by atoms with Crippen LogP contribution in [-0.4, -0.2) is 34.9 Å². The summed E-state index contributed by atoms with van der Waals surface area (Å²) in [5.41, 5.74) is 10.3. The molecule has 0 spiro atoms. The van der Waals surface area contributed by atoms with Crippen LogP contribution in [0.2, 0.25) is 0 Å². The molecule has 5 heteroatoms. The van der Waals surface area contributed by atoms with Gasteiger partial charge in [-0.3, -0.25) is 4.79 Å². The van der Waals surface area contributed by atoms with Gasteiger partial charge in [-0.05, 0) is 0 Å². The molecule has 0 aromatic rings. The molecule has 0 aliphatic carbocycles. The van der Waals surface area contributed by atoms with Gasteiger partial charge in [0.05, 0.1) is 0 Å². The van der Waals surface area contributed by atoms with E-state index in [0.717, 1.165) is 0 Å². The molecule has 2 unspecified atom stereocenters. The molecule has 0 amide bonds. The zero-order chi connectivity index (χ0) is 7.98. The van der Waals surface area contributed by atoms with E-state index in [1.165, 1.54) is 0 Å². The molecule has 0 saturated heterocycles. The maximum Gasteiger partial charge on any atom is 0.221 e. The highest BCUT2D eigenvalue weighted by Gasteiger charge is 2.11. The normalized spacial score (nSPS) is 16.3. The smallest absolute Gasteiger partial charge is 0.221 e. The Bertz CT molecular complexity index is 102. The van der Waals surface area contributed by atoms with E-state index in [9.17, 15) is 9.35 Å². The third kappa shape index (κ3) is 4.75. The third-order valence-electron chi connectivity index (χ3n) is 0.862. The summed E-state index contributed by atoms with van der Waals surface area (Å²) in [5, 5.41) is 0. The molecule has 0 fully saturated rings. The minimum Gasteiger partial charge on any atom is -0.616 e. The largest absolute Gasteiger partial charge is 0.616 e. The highest BCUT2D eigenvalue weighted by Crippen LogP contribution is 1.89. The number of nitrogens with two attached hydrogens (primary N) is 2. The molecule has 0 saturated carbocycles. The lowest BCUT2D eigenvalue weighted by molar-refractivity contribution is 0.543. The van der Waals surface area contributed by atoms with Crippen LogP contribution in [0.1, 0.15) is 0 Å². The zero-order valence-corrected chi connectivity index (χ0v) is 6.39. The molecule has 0 rings (SSSR count). The predicted octanol–water partition coefficient (Wildman–Crippen LogP) is -1.87. The number of hydrogen-bond donors (Lipinski definition) is 2. The van der Waals surface area contributed by atoms with Gasteiger partial charge >= 0.3 is 0 Å². The van der Waals surface area contributed by atoms with Crippen molar-refractivity contribution < 1.29 is 9.35 Å². The molecule has 0 bridgehead atoms. The molecule has 2 atom stereocenters. The summed E-state index contributed by atoms with van der Waals surface area (Å²) in [4.78, 5) is 9.83. The molecule has 0 aromatic carbocycles. The third-order valence-corrected chi connectivity index (χ3v) is 2.28. The standard InChI is InChI=1S/C5H11N2O2S/c6-1-2-10(9)4-5(7)3-8/h5H,1-2,4,6-7H2. The lowest BCUT2D eigenvalue weighted by Gasteiger charge is -2.09. The van der Waals surface area contributed by atoms with Gasteiger partial charge in [-0.1, -0.05) is 11.2 Å². The average molecular weight is 163 g/mol. The van der Waals surface area contributed by atoms with Crippen molar-refractivity contribution in [3.05, 3.63) is 0 Å². The summed E-state index contributed by atoms with van der Waals surface area (Å²) < 4.78 is 10.8. The van der Waals surface area contributed by atoms with Gasteiger partial charge in [-0.2, -0.15) is 0 Å². The van der Waals surface area contributed by atoms with Gasteiger partial charge < -0.3 is 16.0 Å². The summed E-state index contributed by atoms with van der Waals surface area (Å²) in [6.45, 7) is 0.359. The average Bonchev–Trinajstić information content (AvgIpc) is 1.88. The molecule has 4 N–H and O–H groups in total. The second-order valence-electron chi connectivity index (χ2n) is 1.82. The molecule has 0 heterocycles. The number of hydrogen-bond acceptors (Lipinski definition) is 4. The molecule has 10 heavy (non-hydrogen) atoms. The monoisotopic (exact) mass is 163 g/mol. The Morgan fingerprint density at radius 1 is 1.70 bits per heavy atom. The fourth-order valence-corrected chi connectivity index (χ4v) is 1.35. The van der Waals surface area contributed by atoms with Crippen LogP contribution < -0.4 is 11.5 Å². The summed E-state index contributed by atoms with van der Waals surface area (Å²) in [7, 11) is 0. The Labute approximate surface area is 63.1 Å². The fraction of sp³-hybridized carbons (Fsp3) is 0.800. The lowest BCUT2D eigenvalue weighted by atomic mass is 10.4. The first-order valence-corrected chi connectivity index (χ1v) is 4.37. The Hall–Kier alpha value is -0.100. The van der Waals surface area contributed by atoms with E-state index in [-0.39, 0.29) is 5.75 Å². The van der Waals surface area contributed by atoms with E-state index in [2.05, 4.69) is 0 Å². The van der Waals surface area contributed by atoms with Crippen LogP contribution in [0.4, 0.5) is 0 Å². The minimum absolute atomic E-state index is 0.167. The van der Waals surface area contributed by atoms with E-state index < -0.39 is 17.2 Å². The van der Waals surface area contributed by atoms with E-state index in [0.29, 0.717) is 12.3 Å². The first-order chi connectivity index (χ1) is 4.70. The van der Waals surface area contributed by atoms with Crippen LogP contribution in [0.25, 0.3) is 0 Å². The molecular formula is C5H11N2O2S. The second kappa shape index (κ2) is 5.67. The number of carbonyl (C=O) groups excluding carboxylic acids is 1. The Morgan fingerprint density at radius 2 is 2.30 bits per heavy atom. The molecule has 4 nitrogen and oxygen atoms in total. The topological polar surface area (TPSA) is 92.2 Å². The summed E-state index contributed by atoms with van der Waals surface area (Å²) in [6, 6.07) is -0.729. The summed E-state index contributed by atoms with van der Waals surface area (Å²) >= 11 is -1.06. The van der Waals surface area contributed by atoms with Crippen molar-refractivity contribution in [3.8, 4) is 0 Å². The van der Waals surface area contributed by atoms with Crippen LogP contribution in [0, 0.1) is 0 Å². The van der Waals surface area contributed by atoms with Crippen LogP contribution in [0.15, 0.2) is 0 Å². The van der Waals surface area contributed by atoms with E-state index in [1.54, 1.807) is 6.29 Å². The van der Waals surface area contributed by atoms with E-state index in [1.807, 2.05) is 0 Å². The van der Waals surface area contributed by atoms with Gasteiger partial charge in [-0.25, -0.2) is 0 Å². The SMILES string of the molecule is NCC[S+]([O-])CC(N)[C]=O. The van der Waals surface area contributed by atoms with Gasteiger partial charge in [0.1, 0.15) is 17.5 Å². The van der Waals surface area contributed by atoms with Gasteiger partial charge in [0, 0.05) is 6.54 Å². The predicted molar refractivity (Wildman–Crippen MR) is 40.6 cm³/mol. The molecular weight excluding hydrogens is 152 g/mol. The van der Waals surface area contributed by atoms with Crippen LogP contribution in [0.3, 0.4) is 0 Å². The highest BCUT2D eigenvalue weighted by atomic mass is 32.2. The van der Waals surface area contributed by atoms with Crippen molar-refractivity contribution in [2.45, 2.75) is 6.04 Å². The van der Waals surface area contributed by atoms with Gasteiger partial charge in [-0.15, -0.1) is 0 Å². The molecule has 1 radical (unpaired) electrons. The molecule has 0 aromatic heterocycles. The molecule has 0 aliphatic heterocycles. The molecule has 0 aliphatic rings. The summed E-state index contributed by atoms with van der Waals surface area (Å²) in [5.74, 6) is 0.566. The van der Waals surface area contributed by atoms with Crippen molar-refractivity contribution in [1.82, 2.24) is 0 Å². The first-order valence-electron chi connectivity index (χ1n) is 2.89. The number of rotatable bonds is 5. The second-order valence-corrected chi connectivity index (χ2v) is 3.44. The Kier molecular flexibility index (Phi) is 5.61. The van der Waals surface area contributed by atoms with E-state index in [4.69, 9.17) is 11.5 Å². The Morgan fingerprint density at radius 3 is 2.70 bits per heavy atom.